The first-order valence-electron chi connectivity index (χ1n) is 4.86. The van der Waals surface area contributed by atoms with Crippen LogP contribution in [0.1, 0.15) is 10.9 Å². The smallest absolute Gasteiger partial charge is 0.149 e. The zero-order chi connectivity index (χ0) is 12.6. The highest BCUT2D eigenvalue weighted by molar-refractivity contribution is 9.10. The van der Waals surface area contributed by atoms with Crippen molar-refractivity contribution in [3.05, 3.63) is 33.6 Å². The Morgan fingerprint density at radius 2 is 2.18 bits per heavy atom. The van der Waals surface area contributed by atoms with Crippen LogP contribution in [0.5, 0.6) is 0 Å². The van der Waals surface area contributed by atoms with E-state index >= 15 is 0 Å². The Labute approximate surface area is 118 Å². The average molecular weight is 354 g/mol. The van der Waals surface area contributed by atoms with Gasteiger partial charge in [-0.15, -0.1) is 22.9 Å². The van der Waals surface area contributed by atoms with Crippen LogP contribution in [0.4, 0.5) is 0 Å². The third kappa shape index (κ3) is 3.02. The molecule has 0 saturated heterocycles. The van der Waals surface area contributed by atoms with Gasteiger partial charge in [0.25, 0.3) is 0 Å². The van der Waals surface area contributed by atoms with Gasteiger partial charge in [0.05, 0.1) is 11.1 Å². The fraction of sp³-hybridized carbons (Fsp3) is 0.273. The molecule has 0 fully saturated rings. The number of alkyl halides is 1. The molecule has 0 aliphatic heterocycles. The van der Waals surface area contributed by atoms with Gasteiger partial charge in [-0.25, -0.2) is 8.42 Å². The molecule has 2 rings (SSSR count). The van der Waals surface area contributed by atoms with E-state index in [2.05, 4.69) is 15.9 Å². The summed E-state index contributed by atoms with van der Waals surface area (Å²) in [5, 5.41) is 2.46. The van der Waals surface area contributed by atoms with E-state index in [0.717, 1.165) is 20.1 Å². The van der Waals surface area contributed by atoms with Crippen molar-refractivity contribution in [3.63, 3.8) is 0 Å². The molecule has 1 atom stereocenters. The maximum Gasteiger partial charge on any atom is 0.149 e. The maximum atomic E-state index is 11.2. The molecule has 1 aromatic carbocycles. The van der Waals surface area contributed by atoms with E-state index in [1.165, 1.54) is 6.26 Å². The molecule has 17 heavy (non-hydrogen) atoms. The number of hydrogen-bond donors (Lipinski definition) is 0. The second-order valence-corrected chi connectivity index (χ2v) is 8.31. The normalized spacial score (nSPS) is 14.1. The van der Waals surface area contributed by atoms with Gasteiger partial charge >= 0.3 is 0 Å². The second-order valence-electron chi connectivity index (χ2n) is 3.87. The van der Waals surface area contributed by atoms with Crippen LogP contribution in [0.15, 0.2) is 28.1 Å². The lowest BCUT2D eigenvalue weighted by Gasteiger charge is -2.07. The van der Waals surface area contributed by atoms with Gasteiger partial charge in [-0.2, -0.15) is 0 Å². The van der Waals surface area contributed by atoms with Crippen LogP contribution >= 0.6 is 38.9 Å². The maximum absolute atomic E-state index is 11.2. The number of benzene rings is 1. The van der Waals surface area contributed by atoms with E-state index in [-0.39, 0.29) is 5.75 Å². The molecule has 0 amide bonds. The molecule has 2 nitrogen and oxygen atoms in total. The molecule has 0 aliphatic carbocycles. The summed E-state index contributed by atoms with van der Waals surface area (Å²) in [6.45, 7) is 0. The van der Waals surface area contributed by atoms with Crippen LogP contribution < -0.4 is 0 Å². The summed E-state index contributed by atoms with van der Waals surface area (Å²) < 4.78 is 24.6. The van der Waals surface area contributed by atoms with Crippen molar-refractivity contribution in [1.29, 1.82) is 0 Å². The van der Waals surface area contributed by atoms with Crippen LogP contribution in [-0.4, -0.2) is 20.4 Å². The lowest BCUT2D eigenvalue weighted by Crippen LogP contribution is -2.08. The number of sulfone groups is 1. The van der Waals surface area contributed by atoms with Gasteiger partial charge in [-0.1, -0.05) is 12.1 Å². The molecular formula is C11H10BrClO2S2. The van der Waals surface area contributed by atoms with Crippen molar-refractivity contribution in [2.75, 3.05) is 12.0 Å². The number of fused-ring (bicyclic) bond motifs is 1. The van der Waals surface area contributed by atoms with E-state index in [0.29, 0.717) is 0 Å². The third-order valence-corrected chi connectivity index (χ3v) is 5.85. The first-order chi connectivity index (χ1) is 7.88. The minimum absolute atomic E-state index is 0.0348. The van der Waals surface area contributed by atoms with Gasteiger partial charge in [-0.05, 0) is 38.3 Å². The van der Waals surface area contributed by atoms with Gasteiger partial charge in [-0.3, -0.25) is 0 Å². The summed E-state index contributed by atoms with van der Waals surface area (Å²) in [5.74, 6) is -0.0348. The highest BCUT2D eigenvalue weighted by atomic mass is 79.9. The van der Waals surface area contributed by atoms with Gasteiger partial charge in [0.2, 0.25) is 0 Å². The van der Waals surface area contributed by atoms with Crippen molar-refractivity contribution < 1.29 is 8.42 Å². The van der Waals surface area contributed by atoms with E-state index in [4.69, 9.17) is 11.6 Å². The molecule has 0 bridgehead atoms. The van der Waals surface area contributed by atoms with Crippen LogP contribution in [0.2, 0.25) is 0 Å². The number of hydrogen-bond acceptors (Lipinski definition) is 3. The third-order valence-electron chi connectivity index (χ3n) is 2.37. The molecule has 0 aliphatic rings. The molecule has 92 valence electrons. The highest BCUT2D eigenvalue weighted by Gasteiger charge is 2.18. The minimum Gasteiger partial charge on any atom is -0.229 e. The van der Waals surface area contributed by atoms with Crippen molar-refractivity contribution in [3.8, 4) is 0 Å². The number of thiophene rings is 1. The monoisotopic (exact) mass is 352 g/mol. The van der Waals surface area contributed by atoms with Gasteiger partial charge in [0.15, 0.2) is 0 Å². The topological polar surface area (TPSA) is 34.1 Å². The summed E-state index contributed by atoms with van der Waals surface area (Å²) in [5.41, 5.74) is 0.887. The minimum atomic E-state index is -3.07. The van der Waals surface area contributed by atoms with Gasteiger partial charge < -0.3 is 0 Å². The predicted molar refractivity (Wildman–Crippen MR) is 77.8 cm³/mol. The van der Waals surface area contributed by atoms with Gasteiger partial charge in [0.1, 0.15) is 9.84 Å². The van der Waals surface area contributed by atoms with Crippen LogP contribution in [-0.2, 0) is 9.84 Å². The molecule has 0 spiro atoms. The number of rotatable bonds is 3. The second kappa shape index (κ2) is 4.88. The first kappa shape index (κ1) is 13.3. The lowest BCUT2D eigenvalue weighted by atomic mass is 10.1. The van der Waals surface area contributed by atoms with Gasteiger partial charge in [0, 0.05) is 15.4 Å². The summed E-state index contributed by atoms with van der Waals surface area (Å²) >= 11 is 11.2. The lowest BCUT2D eigenvalue weighted by molar-refractivity contribution is 0.600. The summed E-state index contributed by atoms with van der Waals surface area (Å²) in [4.78, 5) is 0. The molecule has 1 aromatic heterocycles. The molecule has 0 saturated carbocycles. The first-order valence-corrected chi connectivity index (χ1v) is 9.03. The molecule has 0 radical (unpaired) electrons. The Hall–Kier alpha value is -0.100. The number of halogens is 2. The Morgan fingerprint density at radius 1 is 1.47 bits per heavy atom. The molecule has 1 unspecified atom stereocenters. The quantitative estimate of drug-likeness (QED) is 0.782. The van der Waals surface area contributed by atoms with Crippen LogP contribution in [0.3, 0.4) is 0 Å². The molecule has 2 aromatic rings. The summed E-state index contributed by atoms with van der Waals surface area (Å²) in [6.07, 6.45) is 1.20. The Morgan fingerprint density at radius 3 is 2.82 bits per heavy atom. The van der Waals surface area contributed by atoms with Crippen molar-refractivity contribution in [1.82, 2.24) is 0 Å². The van der Waals surface area contributed by atoms with E-state index in [1.54, 1.807) is 11.3 Å². The van der Waals surface area contributed by atoms with E-state index < -0.39 is 15.2 Å². The van der Waals surface area contributed by atoms with Crippen molar-refractivity contribution >= 4 is 58.8 Å². The summed E-state index contributed by atoms with van der Waals surface area (Å²) in [7, 11) is -3.07. The Bertz CT molecular complexity index is 649. The largest absolute Gasteiger partial charge is 0.229 e. The van der Waals surface area contributed by atoms with Crippen LogP contribution in [0, 0.1) is 0 Å². The standard InChI is InChI=1S/C11H10BrClO2S2/c1-17(14,15)6-10(13)8-5-16-11-7(8)3-2-4-9(11)12/h2-5,10H,6H2,1H3. The van der Waals surface area contributed by atoms with Crippen molar-refractivity contribution in [2.45, 2.75) is 5.38 Å². The summed E-state index contributed by atoms with van der Waals surface area (Å²) in [6, 6.07) is 5.85. The van der Waals surface area contributed by atoms with Crippen molar-refractivity contribution in [2.24, 2.45) is 0 Å². The molecule has 6 heteroatoms. The van der Waals surface area contributed by atoms with Crippen LogP contribution in [0.25, 0.3) is 10.1 Å². The highest BCUT2D eigenvalue weighted by Crippen LogP contribution is 2.37. The fourth-order valence-corrected chi connectivity index (χ4v) is 4.97. The molecule has 1 heterocycles. The molecular weight excluding hydrogens is 344 g/mol. The zero-order valence-corrected chi connectivity index (χ0v) is 13.0. The Balaban J connectivity index is 2.46. The zero-order valence-electron chi connectivity index (χ0n) is 8.98. The fourth-order valence-electron chi connectivity index (χ4n) is 1.64. The van der Waals surface area contributed by atoms with E-state index in [9.17, 15) is 8.42 Å². The average Bonchev–Trinajstić information content (AvgIpc) is 2.60. The van der Waals surface area contributed by atoms with E-state index in [1.807, 2.05) is 23.6 Å². The predicted octanol–water partition coefficient (Wildman–Crippen LogP) is 3.99. The SMILES string of the molecule is CS(=O)(=O)CC(Cl)c1csc2c(Br)cccc12. The Kier molecular flexibility index (Phi) is 3.83. The molecule has 0 N–H and O–H groups in total.